The lowest BCUT2D eigenvalue weighted by atomic mass is 10.2. The predicted octanol–water partition coefficient (Wildman–Crippen LogP) is 3.69. The van der Waals surface area contributed by atoms with Crippen LogP contribution >= 0.6 is 15.9 Å². The highest BCUT2D eigenvalue weighted by Gasteiger charge is 2.13. The summed E-state index contributed by atoms with van der Waals surface area (Å²) in [5.41, 5.74) is 1.33. The van der Waals surface area contributed by atoms with Crippen LogP contribution < -0.4 is 0 Å². The lowest BCUT2D eigenvalue weighted by Crippen LogP contribution is -2.08. The molecule has 0 radical (unpaired) electrons. The zero-order valence-corrected chi connectivity index (χ0v) is 14.9. The van der Waals surface area contributed by atoms with Gasteiger partial charge < -0.3 is 9.15 Å². The van der Waals surface area contributed by atoms with E-state index in [1.165, 1.54) is 24.3 Å². The number of halogens is 1. The fraction of sp³-hybridized carbons (Fsp3) is 0.118. The summed E-state index contributed by atoms with van der Waals surface area (Å²) in [6, 6.07) is 13.0. The number of non-ortho nitro benzene ring substituents is 1. The Morgan fingerprint density at radius 1 is 1.12 bits per heavy atom. The summed E-state index contributed by atoms with van der Waals surface area (Å²) in [4.78, 5) is 22.0. The van der Waals surface area contributed by atoms with Crippen LogP contribution in [-0.2, 0) is 22.6 Å². The summed E-state index contributed by atoms with van der Waals surface area (Å²) in [7, 11) is 0. The minimum atomic E-state index is -0.492. The largest absolute Gasteiger partial charge is 0.455 e. The number of hydrogen-bond donors (Lipinski definition) is 0. The molecule has 2 aromatic carbocycles. The second kappa shape index (κ2) is 7.87. The molecule has 1 aromatic heterocycles. The summed E-state index contributed by atoms with van der Waals surface area (Å²) >= 11 is 3.33. The van der Waals surface area contributed by atoms with E-state index >= 15 is 0 Å². The van der Waals surface area contributed by atoms with Crippen molar-refractivity contribution in [2.24, 2.45) is 0 Å². The number of carbonyl (C=O) groups is 1. The molecule has 3 rings (SSSR count). The van der Waals surface area contributed by atoms with Crippen molar-refractivity contribution in [2.75, 3.05) is 0 Å². The first kappa shape index (κ1) is 17.7. The third-order valence-corrected chi connectivity index (χ3v) is 3.94. The first-order chi connectivity index (χ1) is 12.5. The topological polar surface area (TPSA) is 108 Å². The summed E-state index contributed by atoms with van der Waals surface area (Å²) in [6.07, 6.45) is 0.136. The molecule has 0 N–H and O–H groups in total. The molecule has 9 heteroatoms. The lowest BCUT2D eigenvalue weighted by molar-refractivity contribution is -0.384. The number of ether oxygens (including phenoxy) is 1. The van der Waals surface area contributed by atoms with E-state index in [4.69, 9.17) is 9.15 Å². The maximum absolute atomic E-state index is 11.9. The average Bonchev–Trinajstić information content (AvgIpc) is 3.11. The average molecular weight is 418 g/mol. The minimum absolute atomic E-state index is 0.0321. The fourth-order valence-electron chi connectivity index (χ4n) is 2.12. The van der Waals surface area contributed by atoms with Gasteiger partial charge in [0.05, 0.1) is 11.3 Å². The number of hydrogen-bond acceptors (Lipinski definition) is 7. The van der Waals surface area contributed by atoms with Crippen LogP contribution in [0.5, 0.6) is 0 Å². The monoisotopic (exact) mass is 417 g/mol. The molecule has 0 saturated heterocycles. The van der Waals surface area contributed by atoms with Gasteiger partial charge in [0.2, 0.25) is 5.89 Å². The first-order valence-corrected chi connectivity index (χ1v) is 8.28. The Labute approximate surface area is 156 Å². The summed E-state index contributed by atoms with van der Waals surface area (Å²) in [5.74, 6) is -0.0798. The lowest BCUT2D eigenvalue weighted by Gasteiger charge is -2.02. The molecule has 0 amide bonds. The molecule has 1 heterocycles. The molecule has 8 nitrogen and oxygen atoms in total. The number of nitro groups is 1. The van der Waals surface area contributed by atoms with Crippen molar-refractivity contribution in [3.63, 3.8) is 0 Å². The van der Waals surface area contributed by atoms with Crippen LogP contribution in [0.15, 0.2) is 57.4 Å². The van der Waals surface area contributed by atoms with Gasteiger partial charge in [0.1, 0.15) is 0 Å². The van der Waals surface area contributed by atoms with E-state index in [0.717, 1.165) is 10.0 Å². The Balaban J connectivity index is 1.57. The van der Waals surface area contributed by atoms with Gasteiger partial charge in [-0.1, -0.05) is 28.1 Å². The Morgan fingerprint density at radius 3 is 2.46 bits per heavy atom. The van der Waals surface area contributed by atoms with Crippen molar-refractivity contribution in [1.82, 2.24) is 10.2 Å². The van der Waals surface area contributed by atoms with E-state index in [0.29, 0.717) is 5.56 Å². The number of aromatic nitrogens is 2. The Bertz CT molecular complexity index is 922. The normalized spacial score (nSPS) is 10.5. The van der Waals surface area contributed by atoms with Crippen LogP contribution in [0.2, 0.25) is 0 Å². The van der Waals surface area contributed by atoms with Gasteiger partial charge in [0.25, 0.3) is 11.6 Å². The van der Waals surface area contributed by atoms with Crippen LogP contribution in [0.3, 0.4) is 0 Å². The predicted molar refractivity (Wildman–Crippen MR) is 94.0 cm³/mol. The molecule has 26 heavy (non-hydrogen) atoms. The third-order valence-electron chi connectivity index (χ3n) is 3.41. The van der Waals surface area contributed by atoms with Gasteiger partial charge in [-0.25, -0.2) is 0 Å². The Kier molecular flexibility index (Phi) is 5.37. The van der Waals surface area contributed by atoms with E-state index in [2.05, 4.69) is 26.1 Å². The van der Waals surface area contributed by atoms with Crippen LogP contribution in [0.4, 0.5) is 5.69 Å². The second-order valence-corrected chi connectivity index (χ2v) is 6.18. The molecular weight excluding hydrogens is 406 g/mol. The van der Waals surface area contributed by atoms with Gasteiger partial charge in [0, 0.05) is 22.2 Å². The van der Waals surface area contributed by atoms with Crippen molar-refractivity contribution in [2.45, 2.75) is 13.0 Å². The van der Waals surface area contributed by atoms with Gasteiger partial charge in [-0.05, 0) is 29.8 Å². The second-order valence-electron chi connectivity index (χ2n) is 5.27. The number of carbonyl (C=O) groups excluding carboxylic acids is 1. The number of nitrogens with zero attached hydrogens (tertiary/aromatic N) is 3. The summed E-state index contributed by atoms with van der Waals surface area (Å²) < 4.78 is 11.5. The van der Waals surface area contributed by atoms with Crippen molar-refractivity contribution in [3.05, 3.63) is 74.6 Å². The highest BCUT2D eigenvalue weighted by molar-refractivity contribution is 9.10. The standard InChI is InChI=1S/C17H12BrN3O5/c18-13-5-1-11(2-6-13)9-16(22)25-10-15-19-20-17(26-15)12-3-7-14(8-4-12)21(23)24/h1-8H,9-10H2. The van der Waals surface area contributed by atoms with Gasteiger partial charge in [-0.15, -0.1) is 10.2 Å². The highest BCUT2D eigenvalue weighted by atomic mass is 79.9. The molecule has 3 aromatic rings. The van der Waals surface area contributed by atoms with Crippen LogP contribution in [0.25, 0.3) is 11.5 Å². The molecule has 0 aliphatic heterocycles. The van der Waals surface area contributed by atoms with Crippen LogP contribution in [0, 0.1) is 10.1 Å². The smallest absolute Gasteiger partial charge is 0.310 e. The Morgan fingerprint density at radius 2 is 1.81 bits per heavy atom. The van der Waals surface area contributed by atoms with E-state index in [-0.39, 0.29) is 30.5 Å². The quantitative estimate of drug-likeness (QED) is 0.341. The number of benzene rings is 2. The molecule has 0 bridgehead atoms. The molecule has 0 aliphatic carbocycles. The molecule has 0 aliphatic rings. The molecule has 0 saturated carbocycles. The third kappa shape index (κ3) is 4.51. The van der Waals surface area contributed by atoms with Crippen LogP contribution in [0.1, 0.15) is 11.5 Å². The number of nitro benzene ring substituents is 1. The first-order valence-electron chi connectivity index (χ1n) is 7.48. The van der Waals surface area contributed by atoms with E-state index in [1.807, 2.05) is 24.3 Å². The minimum Gasteiger partial charge on any atom is -0.455 e. The van der Waals surface area contributed by atoms with Gasteiger partial charge in [-0.2, -0.15) is 0 Å². The number of esters is 1. The molecule has 0 fully saturated rings. The maximum Gasteiger partial charge on any atom is 0.310 e. The van der Waals surface area contributed by atoms with Gasteiger partial charge in [-0.3, -0.25) is 14.9 Å². The van der Waals surface area contributed by atoms with Gasteiger partial charge >= 0.3 is 5.97 Å². The fourth-order valence-corrected chi connectivity index (χ4v) is 2.38. The maximum atomic E-state index is 11.9. The highest BCUT2D eigenvalue weighted by Crippen LogP contribution is 2.21. The van der Waals surface area contributed by atoms with Crippen molar-refractivity contribution in [3.8, 4) is 11.5 Å². The number of rotatable bonds is 6. The molecule has 0 spiro atoms. The van der Waals surface area contributed by atoms with E-state index in [1.54, 1.807) is 0 Å². The molecule has 0 unspecified atom stereocenters. The van der Waals surface area contributed by atoms with E-state index < -0.39 is 10.9 Å². The zero-order chi connectivity index (χ0) is 18.5. The van der Waals surface area contributed by atoms with Crippen molar-refractivity contribution >= 4 is 27.6 Å². The molecule has 0 atom stereocenters. The SMILES string of the molecule is O=C(Cc1ccc(Br)cc1)OCc1nnc(-c2ccc([N+](=O)[O-])cc2)o1. The molecular formula is C17H12BrN3O5. The summed E-state index contributed by atoms with van der Waals surface area (Å²) in [6.45, 7) is -0.144. The van der Waals surface area contributed by atoms with Crippen molar-refractivity contribution in [1.29, 1.82) is 0 Å². The van der Waals surface area contributed by atoms with Crippen molar-refractivity contribution < 1.29 is 18.9 Å². The summed E-state index contributed by atoms with van der Waals surface area (Å²) in [5, 5.41) is 18.3. The molecule has 132 valence electrons. The van der Waals surface area contributed by atoms with Gasteiger partial charge in [0.15, 0.2) is 6.61 Å². The zero-order valence-electron chi connectivity index (χ0n) is 13.3. The van der Waals surface area contributed by atoms with Crippen LogP contribution in [-0.4, -0.2) is 21.1 Å². The van der Waals surface area contributed by atoms with E-state index in [9.17, 15) is 14.9 Å². The Hall–Kier alpha value is -3.07.